The zero-order chi connectivity index (χ0) is 16.2. The van der Waals surface area contributed by atoms with Crippen molar-refractivity contribution in [3.05, 3.63) is 22.4 Å². The van der Waals surface area contributed by atoms with Crippen LogP contribution in [0.25, 0.3) is 0 Å². The summed E-state index contributed by atoms with van der Waals surface area (Å²) in [5.41, 5.74) is 5.71. The van der Waals surface area contributed by atoms with Crippen molar-refractivity contribution in [3.8, 4) is 0 Å². The first kappa shape index (κ1) is 17.9. The molecular weight excluding hydrogens is 367 g/mol. The standard InChI is InChI=1S/C12H16BrFN2O4S/c1-16(5-3-4-12(17)20-2)21(18,19)11-7-10(15)8(13)6-9(11)14/h6-7H,3-5,15H2,1-2H3. The highest BCUT2D eigenvalue weighted by molar-refractivity contribution is 9.10. The Balaban J connectivity index is 2.90. The van der Waals surface area contributed by atoms with Crippen molar-refractivity contribution in [2.24, 2.45) is 0 Å². The third kappa shape index (κ3) is 4.39. The second kappa shape index (κ2) is 7.19. The molecule has 0 saturated heterocycles. The van der Waals surface area contributed by atoms with E-state index >= 15 is 0 Å². The number of nitrogens with two attached hydrogens (primary N) is 1. The van der Waals surface area contributed by atoms with Gasteiger partial charge in [0, 0.05) is 30.2 Å². The second-order valence-electron chi connectivity index (χ2n) is 4.31. The van der Waals surface area contributed by atoms with Gasteiger partial charge in [-0.1, -0.05) is 0 Å². The summed E-state index contributed by atoms with van der Waals surface area (Å²) in [5.74, 6) is -1.32. The van der Waals surface area contributed by atoms with Crippen LogP contribution in [0, 0.1) is 5.82 Å². The average molecular weight is 383 g/mol. The molecule has 0 spiro atoms. The number of rotatable bonds is 6. The molecule has 1 aromatic carbocycles. The van der Waals surface area contributed by atoms with Gasteiger partial charge in [0.25, 0.3) is 0 Å². The molecule has 1 rings (SSSR count). The van der Waals surface area contributed by atoms with Crippen LogP contribution in [0.15, 0.2) is 21.5 Å². The zero-order valence-corrected chi connectivity index (χ0v) is 14.0. The Hall–Kier alpha value is -1.19. The lowest BCUT2D eigenvalue weighted by atomic mass is 10.3. The first-order valence-electron chi connectivity index (χ1n) is 5.97. The van der Waals surface area contributed by atoms with Crippen LogP contribution in [0.2, 0.25) is 0 Å². The molecule has 21 heavy (non-hydrogen) atoms. The Morgan fingerprint density at radius 1 is 1.48 bits per heavy atom. The van der Waals surface area contributed by atoms with Crippen molar-refractivity contribution in [1.82, 2.24) is 4.31 Å². The van der Waals surface area contributed by atoms with Gasteiger partial charge in [-0.05, 0) is 34.5 Å². The number of sulfonamides is 1. The average Bonchev–Trinajstić information content (AvgIpc) is 2.42. The highest BCUT2D eigenvalue weighted by Gasteiger charge is 2.25. The van der Waals surface area contributed by atoms with Crippen molar-refractivity contribution in [2.45, 2.75) is 17.7 Å². The van der Waals surface area contributed by atoms with Gasteiger partial charge in [-0.15, -0.1) is 0 Å². The minimum Gasteiger partial charge on any atom is -0.469 e. The number of carbonyl (C=O) groups is 1. The van der Waals surface area contributed by atoms with Crippen molar-refractivity contribution >= 4 is 37.6 Å². The van der Waals surface area contributed by atoms with E-state index in [0.717, 1.165) is 16.4 Å². The van der Waals surface area contributed by atoms with Gasteiger partial charge < -0.3 is 10.5 Å². The number of methoxy groups -OCH3 is 1. The third-order valence-corrected chi connectivity index (χ3v) is 5.38. The maximum Gasteiger partial charge on any atom is 0.305 e. The van der Waals surface area contributed by atoms with Crippen molar-refractivity contribution < 1.29 is 22.3 Å². The molecule has 0 radical (unpaired) electrons. The molecule has 0 amide bonds. The van der Waals surface area contributed by atoms with Gasteiger partial charge in [0.2, 0.25) is 10.0 Å². The van der Waals surface area contributed by atoms with Gasteiger partial charge in [-0.25, -0.2) is 17.1 Å². The Labute approximate surface area is 131 Å². The van der Waals surface area contributed by atoms with Crippen molar-refractivity contribution in [1.29, 1.82) is 0 Å². The molecule has 9 heteroatoms. The van der Waals surface area contributed by atoms with E-state index in [1.807, 2.05) is 0 Å². The van der Waals surface area contributed by atoms with E-state index < -0.39 is 26.7 Å². The number of benzene rings is 1. The van der Waals surface area contributed by atoms with Gasteiger partial charge in [-0.2, -0.15) is 0 Å². The van der Waals surface area contributed by atoms with Crippen LogP contribution >= 0.6 is 15.9 Å². The number of nitrogen functional groups attached to an aromatic ring is 1. The van der Waals surface area contributed by atoms with Crippen LogP contribution in [0.4, 0.5) is 10.1 Å². The minimum atomic E-state index is -4.01. The Bertz CT molecular complexity index is 636. The highest BCUT2D eigenvalue weighted by Crippen LogP contribution is 2.27. The molecule has 0 aliphatic heterocycles. The molecule has 0 heterocycles. The van der Waals surface area contributed by atoms with Gasteiger partial charge in [0.1, 0.15) is 10.7 Å². The molecule has 0 aromatic heterocycles. The summed E-state index contributed by atoms with van der Waals surface area (Å²) in [5, 5.41) is 0. The number of anilines is 1. The number of ether oxygens (including phenoxy) is 1. The Morgan fingerprint density at radius 2 is 2.10 bits per heavy atom. The van der Waals surface area contributed by atoms with Crippen LogP contribution in [-0.4, -0.2) is 39.4 Å². The van der Waals surface area contributed by atoms with E-state index in [1.54, 1.807) is 0 Å². The lowest BCUT2D eigenvalue weighted by molar-refractivity contribution is -0.140. The fourth-order valence-corrected chi connectivity index (χ4v) is 3.18. The van der Waals surface area contributed by atoms with Gasteiger partial charge in [0.05, 0.1) is 7.11 Å². The van der Waals surface area contributed by atoms with Gasteiger partial charge >= 0.3 is 5.97 Å². The summed E-state index contributed by atoms with van der Waals surface area (Å²) in [6, 6.07) is 2.07. The summed E-state index contributed by atoms with van der Waals surface area (Å²) in [6.45, 7) is 0.0623. The van der Waals surface area contributed by atoms with Gasteiger partial charge in [-0.3, -0.25) is 4.79 Å². The summed E-state index contributed by atoms with van der Waals surface area (Å²) >= 11 is 3.02. The maximum atomic E-state index is 13.8. The molecule has 0 bridgehead atoms. The fourth-order valence-electron chi connectivity index (χ4n) is 1.58. The van der Waals surface area contributed by atoms with Crippen LogP contribution in [-0.2, 0) is 19.6 Å². The first-order valence-corrected chi connectivity index (χ1v) is 8.21. The molecule has 2 N–H and O–H groups in total. The van der Waals surface area contributed by atoms with Gasteiger partial charge in [0.15, 0.2) is 0 Å². The number of esters is 1. The molecule has 1 aromatic rings. The molecule has 0 saturated carbocycles. The molecule has 0 aliphatic carbocycles. The quantitative estimate of drug-likeness (QED) is 0.597. The normalized spacial score (nSPS) is 11.7. The topological polar surface area (TPSA) is 89.7 Å². The number of nitrogens with zero attached hydrogens (tertiary/aromatic N) is 1. The smallest absolute Gasteiger partial charge is 0.305 e. The Kier molecular flexibility index (Phi) is 6.11. The van der Waals surface area contributed by atoms with E-state index in [1.165, 1.54) is 14.2 Å². The summed E-state index contributed by atoms with van der Waals surface area (Å²) in [7, 11) is -1.45. The van der Waals surface area contributed by atoms with E-state index in [9.17, 15) is 17.6 Å². The van der Waals surface area contributed by atoms with Crippen LogP contribution in [0.5, 0.6) is 0 Å². The lowest BCUT2D eigenvalue weighted by Crippen LogP contribution is -2.29. The molecule has 0 atom stereocenters. The summed E-state index contributed by atoms with van der Waals surface area (Å²) in [6.07, 6.45) is 0.358. The van der Waals surface area contributed by atoms with E-state index in [0.29, 0.717) is 0 Å². The van der Waals surface area contributed by atoms with Crippen molar-refractivity contribution in [2.75, 3.05) is 26.4 Å². The predicted molar refractivity (Wildman–Crippen MR) is 79.6 cm³/mol. The zero-order valence-electron chi connectivity index (χ0n) is 11.6. The fraction of sp³-hybridized carbons (Fsp3) is 0.417. The summed E-state index contributed by atoms with van der Waals surface area (Å²) < 4.78 is 44.1. The molecule has 0 aliphatic rings. The molecule has 0 unspecified atom stereocenters. The highest BCUT2D eigenvalue weighted by atomic mass is 79.9. The number of hydrogen-bond donors (Lipinski definition) is 1. The number of hydrogen-bond acceptors (Lipinski definition) is 5. The third-order valence-electron chi connectivity index (χ3n) is 2.82. The molecule has 118 valence electrons. The summed E-state index contributed by atoms with van der Waals surface area (Å²) in [4.78, 5) is 10.5. The molecule has 6 nitrogen and oxygen atoms in total. The lowest BCUT2D eigenvalue weighted by Gasteiger charge is -2.18. The van der Waals surface area contributed by atoms with Crippen LogP contribution in [0.1, 0.15) is 12.8 Å². The Morgan fingerprint density at radius 3 is 2.67 bits per heavy atom. The molecular formula is C12H16BrFN2O4S. The first-order chi connectivity index (χ1) is 9.70. The largest absolute Gasteiger partial charge is 0.469 e. The maximum absolute atomic E-state index is 13.8. The second-order valence-corrected chi connectivity index (χ2v) is 7.18. The van der Waals surface area contributed by atoms with E-state index in [-0.39, 0.29) is 29.5 Å². The van der Waals surface area contributed by atoms with Crippen LogP contribution in [0.3, 0.4) is 0 Å². The van der Waals surface area contributed by atoms with E-state index in [4.69, 9.17) is 5.73 Å². The van der Waals surface area contributed by atoms with Crippen molar-refractivity contribution in [3.63, 3.8) is 0 Å². The van der Waals surface area contributed by atoms with Crippen LogP contribution < -0.4 is 5.73 Å². The minimum absolute atomic E-state index is 0.0623. The SMILES string of the molecule is COC(=O)CCCN(C)S(=O)(=O)c1cc(N)c(Br)cc1F. The van der Waals surface area contributed by atoms with E-state index in [2.05, 4.69) is 20.7 Å². The molecule has 0 fully saturated rings. The number of halogens is 2. The monoisotopic (exact) mass is 382 g/mol. The number of carbonyl (C=O) groups excluding carboxylic acids is 1. The predicted octanol–water partition coefficient (Wildman–Crippen LogP) is 1.74.